The summed E-state index contributed by atoms with van der Waals surface area (Å²) in [5.41, 5.74) is 4.42. The molecule has 1 atom stereocenters. The van der Waals surface area contributed by atoms with Crippen LogP contribution < -0.4 is 11.3 Å². The normalized spacial score (nSPS) is 25.2. The Labute approximate surface area is 125 Å². The zero-order valence-electron chi connectivity index (χ0n) is 11.7. The lowest BCUT2D eigenvalue weighted by Crippen LogP contribution is -2.43. The Kier molecular flexibility index (Phi) is 5.86. The number of nitrogens with one attached hydrogen (secondary N) is 1. The minimum Gasteiger partial charge on any atom is -0.271 e. The fourth-order valence-corrected chi connectivity index (χ4v) is 3.50. The van der Waals surface area contributed by atoms with Crippen LogP contribution in [0.1, 0.15) is 44.6 Å². The second-order valence-electron chi connectivity index (χ2n) is 5.79. The Bertz CT molecular complexity index is 369. The molecular formula is C16H25BrN2. The highest BCUT2D eigenvalue weighted by molar-refractivity contribution is 9.10. The van der Waals surface area contributed by atoms with Crippen molar-refractivity contribution in [2.45, 2.75) is 51.5 Å². The molecule has 3 N–H and O–H groups in total. The molecule has 0 amide bonds. The quantitative estimate of drug-likeness (QED) is 0.633. The van der Waals surface area contributed by atoms with Gasteiger partial charge < -0.3 is 0 Å². The fourth-order valence-electron chi connectivity index (χ4n) is 3.23. The summed E-state index contributed by atoms with van der Waals surface area (Å²) >= 11 is 3.48. The van der Waals surface area contributed by atoms with Crippen LogP contribution in [0.25, 0.3) is 0 Å². The first-order valence-electron chi connectivity index (χ1n) is 7.43. The van der Waals surface area contributed by atoms with Crippen molar-refractivity contribution in [3.8, 4) is 0 Å². The van der Waals surface area contributed by atoms with Crippen LogP contribution in [0.4, 0.5) is 0 Å². The molecule has 2 rings (SSSR count). The molecule has 0 heterocycles. The molecule has 19 heavy (non-hydrogen) atoms. The van der Waals surface area contributed by atoms with Gasteiger partial charge in [0.2, 0.25) is 0 Å². The number of hydrogen-bond donors (Lipinski definition) is 2. The lowest BCUT2D eigenvalue weighted by molar-refractivity contribution is 0.217. The zero-order chi connectivity index (χ0) is 13.7. The molecule has 0 radical (unpaired) electrons. The summed E-state index contributed by atoms with van der Waals surface area (Å²) in [5, 5.41) is 0. The van der Waals surface area contributed by atoms with Crippen LogP contribution in [0.5, 0.6) is 0 Å². The van der Waals surface area contributed by atoms with Crippen molar-refractivity contribution in [1.82, 2.24) is 5.43 Å². The Hall–Kier alpha value is -0.380. The average molecular weight is 325 g/mol. The Morgan fingerprint density at radius 2 is 1.84 bits per heavy atom. The molecule has 1 aromatic carbocycles. The molecule has 1 fully saturated rings. The molecule has 2 nitrogen and oxygen atoms in total. The maximum absolute atomic E-state index is 5.79. The monoisotopic (exact) mass is 324 g/mol. The summed E-state index contributed by atoms with van der Waals surface area (Å²) in [6.45, 7) is 2.31. The molecule has 1 saturated carbocycles. The summed E-state index contributed by atoms with van der Waals surface area (Å²) < 4.78 is 1.14. The van der Waals surface area contributed by atoms with Gasteiger partial charge >= 0.3 is 0 Å². The van der Waals surface area contributed by atoms with E-state index in [2.05, 4.69) is 52.5 Å². The number of halogens is 1. The van der Waals surface area contributed by atoms with Crippen LogP contribution >= 0.6 is 15.9 Å². The van der Waals surface area contributed by atoms with Crippen LogP contribution in [0.15, 0.2) is 28.7 Å². The maximum Gasteiger partial charge on any atom is 0.0279 e. The molecule has 106 valence electrons. The third-order valence-corrected chi connectivity index (χ3v) is 5.15. The van der Waals surface area contributed by atoms with Gasteiger partial charge in [0.15, 0.2) is 0 Å². The molecule has 0 aliphatic heterocycles. The average Bonchev–Trinajstić information content (AvgIpc) is 2.47. The molecule has 0 aromatic heterocycles. The van der Waals surface area contributed by atoms with Crippen molar-refractivity contribution in [3.05, 3.63) is 34.3 Å². The van der Waals surface area contributed by atoms with E-state index in [4.69, 9.17) is 5.84 Å². The standard InChI is InChI=1S/C16H25BrN2/c1-2-12-3-7-14(8-4-12)16(19-18)11-13-5-9-15(17)10-6-13/h5-6,9-10,12,14,16,19H,2-4,7-8,11,18H2,1H3. The molecule has 1 unspecified atom stereocenters. The predicted octanol–water partition coefficient (Wildman–Crippen LogP) is 4.04. The third-order valence-electron chi connectivity index (χ3n) is 4.62. The zero-order valence-corrected chi connectivity index (χ0v) is 13.3. The van der Waals surface area contributed by atoms with Crippen LogP contribution in [0.2, 0.25) is 0 Å². The topological polar surface area (TPSA) is 38.0 Å². The van der Waals surface area contributed by atoms with Crippen molar-refractivity contribution >= 4 is 15.9 Å². The molecule has 1 aliphatic carbocycles. The van der Waals surface area contributed by atoms with E-state index in [9.17, 15) is 0 Å². The largest absolute Gasteiger partial charge is 0.271 e. The molecule has 3 heteroatoms. The Morgan fingerprint density at radius 3 is 2.37 bits per heavy atom. The summed E-state index contributed by atoms with van der Waals surface area (Å²) in [7, 11) is 0. The minimum atomic E-state index is 0.416. The number of hydrazine groups is 1. The third kappa shape index (κ3) is 4.30. The van der Waals surface area contributed by atoms with Gasteiger partial charge in [-0.25, -0.2) is 0 Å². The van der Waals surface area contributed by atoms with E-state index in [0.717, 1.165) is 22.7 Å². The van der Waals surface area contributed by atoms with Crippen LogP contribution in [-0.4, -0.2) is 6.04 Å². The van der Waals surface area contributed by atoms with Gasteiger partial charge in [0.25, 0.3) is 0 Å². The van der Waals surface area contributed by atoms with E-state index >= 15 is 0 Å². The van der Waals surface area contributed by atoms with E-state index in [1.54, 1.807) is 0 Å². The number of hydrogen-bond acceptors (Lipinski definition) is 2. The number of benzene rings is 1. The first-order chi connectivity index (χ1) is 9.22. The van der Waals surface area contributed by atoms with Crippen molar-refractivity contribution in [1.29, 1.82) is 0 Å². The summed E-state index contributed by atoms with van der Waals surface area (Å²) in [4.78, 5) is 0. The van der Waals surface area contributed by atoms with Crippen molar-refractivity contribution in [2.24, 2.45) is 17.7 Å². The van der Waals surface area contributed by atoms with E-state index in [1.807, 2.05) is 0 Å². The highest BCUT2D eigenvalue weighted by Gasteiger charge is 2.26. The van der Waals surface area contributed by atoms with Gasteiger partial charge in [-0.15, -0.1) is 0 Å². The lowest BCUT2D eigenvalue weighted by Gasteiger charge is -2.33. The summed E-state index contributed by atoms with van der Waals surface area (Å²) in [5.74, 6) is 7.47. The number of rotatable bonds is 5. The molecule has 0 spiro atoms. The molecule has 1 aliphatic rings. The maximum atomic E-state index is 5.79. The summed E-state index contributed by atoms with van der Waals surface area (Å²) in [6.07, 6.45) is 7.76. The predicted molar refractivity (Wildman–Crippen MR) is 84.7 cm³/mol. The second-order valence-corrected chi connectivity index (χ2v) is 6.71. The SMILES string of the molecule is CCC1CCC(C(Cc2ccc(Br)cc2)NN)CC1. The van der Waals surface area contributed by atoms with Gasteiger partial charge in [-0.1, -0.05) is 54.2 Å². The van der Waals surface area contributed by atoms with Crippen molar-refractivity contribution in [3.63, 3.8) is 0 Å². The minimum absolute atomic E-state index is 0.416. The molecule has 0 bridgehead atoms. The van der Waals surface area contributed by atoms with Gasteiger partial charge in [-0.2, -0.15) is 0 Å². The van der Waals surface area contributed by atoms with Crippen molar-refractivity contribution in [2.75, 3.05) is 0 Å². The van der Waals surface area contributed by atoms with Gasteiger partial charge in [0, 0.05) is 10.5 Å². The van der Waals surface area contributed by atoms with Gasteiger partial charge in [-0.05, 0) is 48.8 Å². The molecule has 0 saturated heterocycles. The highest BCUT2D eigenvalue weighted by atomic mass is 79.9. The van der Waals surface area contributed by atoms with E-state index < -0.39 is 0 Å². The van der Waals surface area contributed by atoms with E-state index in [-0.39, 0.29) is 0 Å². The molecular weight excluding hydrogens is 300 g/mol. The van der Waals surface area contributed by atoms with E-state index in [0.29, 0.717) is 6.04 Å². The van der Waals surface area contributed by atoms with Crippen molar-refractivity contribution < 1.29 is 0 Å². The van der Waals surface area contributed by atoms with Gasteiger partial charge in [0.1, 0.15) is 0 Å². The fraction of sp³-hybridized carbons (Fsp3) is 0.625. The van der Waals surface area contributed by atoms with Crippen LogP contribution in [0, 0.1) is 11.8 Å². The number of nitrogens with two attached hydrogens (primary N) is 1. The first kappa shape index (κ1) is 15.0. The smallest absolute Gasteiger partial charge is 0.0279 e. The van der Waals surface area contributed by atoms with Crippen LogP contribution in [0.3, 0.4) is 0 Å². The van der Waals surface area contributed by atoms with Crippen LogP contribution in [-0.2, 0) is 6.42 Å². The second kappa shape index (κ2) is 7.41. The highest BCUT2D eigenvalue weighted by Crippen LogP contribution is 2.33. The first-order valence-corrected chi connectivity index (χ1v) is 8.22. The Morgan fingerprint density at radius 1 is 1.21 bits per heavy atom. The van der Waals surface area contributed by atoms with Gasteiger partial charge in [0.05, 0.1) is 0 Å². The molecule has 1 aromatic rings. The summed E-state index contributed by atoms with van der Waals surface area (Å²) in [6, 6.07) is 9.00. The van der Waals surface area contributed by atoms with E-state index in [1.165, 1.54) is 37.7 Å². The Balaban J connectivity index is 1.91. The van der Waals surface area contributed by atoms with Gasteiger partial charge in [-0.3, -0.25) is 11.3 Å². The lowest BCUT2D eigenvalue weighted by atomic mass is 9.76.